The average Bonchev–Trinajstić information content (AvgIpc) is 3.04. The number of ether oxygens (including phenoxy) is 1. The van der Waals surface area contributed by atoms with Crippen LogP contribution < -0.4 is 14.8 Å². The highest BCUT2D eigenvalue weighted by Gasteiger charge is 2.24. The minimum absolute atomic E-state index is 0.00208. The highest BCUT2D eigenvalue weighted by Crippen LogP contribution is 2.44. The molecule has 0 aromatic carbocycles. The van der Waals surface area contributed by atoms with Crippen molar-refractivity contribution in [2.45, 2.75) is 149 Å². The number of hydrogen-bond acceptors (Lipinski definition) is 6. The summed E-state index contributed by atoms with van der Waals surface area (Å²) in [6.07, 6.45) is 27.7. The van der Waals surface area contributed by atoms with Crippen LogP contribution in [0.4, 0.5) is 10.5 Å². The van der Waals surface area contributed by atoms with E-state index in [1.165, 1.54) is 89.9 Å². The normalized spacial score (nSPS) is 13.3. The first-order valence-corrected chi connectivity index (χ1v) is 20.0. The Labute approximate surface area is 281 Å². The fraction of sp³-hybridized carbons (Fsp3) is 0.833. The molecule has 2 unspecified atom stereocenters. The second-order valence-corrected chi connectivity index (χ2v) is 14.4. The molecule has 0 radical (unpaired) electrons. The molecule has 1 aromatic heterocycles. The van der Waals surface area contributed by atoms with E-state index in [0.717, 1.165) is 44.3 Å². The maximum Gasteiger partial charge on any atom is 0.472 e. The van der Waals surface area contributed by atoms with Gasteiger partial charge in [-0.25, -0.2) is 13.9 Å². The molecule has 0 spiro atoms. The van der Waals surface area contributed by atoms with Crippen molar-refractivity contribution >= 4 is 19.6 Å². The van der Waals surface area contributed by atoms with E-state index in [2.05, 4.69) is 16.8 Å². The van der Waals surface area contributed by atoms with E-state index in [-0.39, 0.29) is 25.7 Å². The number of nitrogens with zero attached hydrogens (tertiary/aromatic N) is 2. The first-order chi connectivity index (χ1) is 22.3. The van der Waals surface area contributed by atoms with Gasteiger partial charge in [-0.2, -0.15) is 0 Å². The molecule has 2 N–H and O–H groups in total. The standard InChI is InChI=1S/C36H68N3O6P/c1-5-7-8-9-10-11-12-13-14-15-16-17-18-19-20-21-27-37-36(40)43-32-34(24-6-2)33-45-46(41,42)44-31-23-22-28-39-29-25-35(26-30-39)38(3)4/h25-26,29-30,34H,5-24,27-28,31-33H2,1-4H3,(H-,37,40,41,42)/p+1. The minimum atomic E-state index is -4.16. The molecular weight excluding hydrogens is 601 g/mol. The lowest BCUT2D eigenvalue weighted by atomic mass is 10.0. The Morgan fingerprint density at radius 2 is 1.33 bits per heavy atom. The number of amides is 1. The Bertz CT molecular complexity index is 902. The van der Waals surface area contributed by atoms with Crippen LogP contribution in [0.15, 0.2) is 24.5 Å². The number of rotatable bonds is 31. The molecule has 268 valence electrons. The maximum absolute atomic E-state index is 12.4. The van der Waals surface area contributed by atoms with Crippen LogP contribution >= 0.6 is 7.82 Å². The molecule has 1 amide bonds. The van der Waals surface area contributed by atoms with Crippen LogP contribution in [-0.2, 0) is 24.9 Å². The monoisotopic (exact) mass is 670 g/mol. The number of carbonyl (C=O) groups excluding carboxylic acids is 1. The fourth-order valence-electron chi connectivity index (χ4n) is 5.44. The van der Waals surface area contributed by atoms with Gasteiger partial charge in [-0.1, -0.05) is 117 Å². The number of pyridine rings is 1. The summed E-state index contributed by atoms with van der Waals surface area (Å²) in [5, 5.41) is 2.83. The topological polar surface area (TPSA) is 101 Å². The van der Waals surface area contributed by atoms with Gasteiger partial charge in [-0.3, -0.25) is 9.05 Å². The average molecular weight is 671 g/mol. The second-order valence-electron chi connectivity index (χ2n) is 13.0. The summed E-state index contributed by atoms with van der Waals surface area (Å²) in [6, 6.07) is 4.10. The quantitative estimate of drug-likeness (QED) is 0.0461. The van der Waals surface area contributed by atoms with E-state index in [9.17, 15) is 14.3 Å². The third-order valence-corrected chi connectivity index (χ3v) is 9.36. The van der Waals surface area contributed by atoms with Crippen molar-refractivity contribution in [1.82, 2.24) is 5.32 Å². The molecule has 0 bridgehead atoms. The zero-order chi connectivity index (χ0) is 33.7. The molecule has 0 saturated carbocycles. The van der Waals surface area contributed by atoms with E-state index in [0.29, 0.717) is 13.0 Å². The van der Waals surface area contributed by atoms with E-state index in [4.69, 9.17) is 13.8 Å². The van der Waals surface area contributed by atoms with Crippen molar-refractivity contribution in [2.24, 2.45) is 5.92 Å². The summed E-state index contributed by atoms with van der Waals surface area (Å²) in [5.74, 6) is -0.170. The van der Waals surface area contributed by atoms with Gasteiger partial charge in [0.25, 0.3) is 0 Å². The first-order valence-electron chi connectivity index (χ1n) is 18.5. The van der Waals surface area contributed by atoms with Crippen molar-refractivity contribution in [3.63, 3.8) is 0 Å². The lowest BCUT2D eigenvalue weighted by Gasteiger charge is -2.19. The fourth-order valence-corrected chi connectivity index (χ4v) is 6.27. The van der Waals surface area contributed by atoms with Crippen LogP contribution in [0, 0.1) is 5.92 Å². The van der Waals surface area contributed by atoms with Crippen molar-refractivity contribution in [2.75, 3.05) is 45.4 Å². The summed E-state index contributed by atoms with van der Waals surface area (Å²) in [5.41, 5.74) is 1.14. The van der Waals surface area contributed by atoms with Gasteiger partial charge in [-0.15, -0.1) is 0 Å². The van der Waals surface area contributed by atoms with Gasteiger partial charge >= 0.3 is 13.9 Å². The summed E-state index contributed by atoms with van der Waals surface area (Å²) >= 11 is 0. The Hall–Kier alpha value is -1.67. The Balaban J connectivity index is 2.02. The third kappa shape index (κ3) is 24.5. The number of nitrogens with one attached hydrogen (secondary N) is 1. The van der Waals surface area contributed by atoms with Crippen LogP contribution in [-0.4, -0.2) is 51.4 Å². The summed E-state index contributed by atoms with van der Waals surface area (Å²) in [4.78, 5) is 24.3. The Kier molecular flexibility index (Phi) is 26.1. The second kappa shape index (κ2) is 28.4. The molecule has 0 aliphatic heterocycles. The minimum Gasteiger partial charge on any atom is -0.449 e. The van der Waals surface area contributed by atoms with Crippen LogP contribution in [0.5, 0.6) is 0 Å². The molecule has 1 rings (SSSR count). The summed E-state index contributed by atoms with van der Waals surface area (Å²) in [6.45, 7) is 5.97. The molecular formula is C36H69N3O6P+. The van der Waals surface area contributed by atoms with Crippen LogP contribution in [0.3, 0.4) is 0 Å². The highest BCUT2D eigenvalue weighted by atomic mass is 31.2. The molecule has 0 fully saturated rings. The van der Waals surface area contributed by atoms with Crippen molar-refractivity contribution in [3.8, 4) is 0 Å². The predicted octanol–water partition coefficient (Wildman–Crippen LogP) is 9.36. The number of hydrogen-bond donors (Lipinski definition) is 2. The predicted molar refractivity (Wildman–Crippen MR) is 189 cm³/mol. The number of carbonyl (C=O) groups is 1. The SMILES string of the molecule is CCCCCCCCCCCCCCCCCCNC(=O)OCC(CCC)COP(=O)(O)OCCCC[n+]1ccc(N(C)C)cc1. The first kappa shape index (κ1) is 42.4. The maximum atomic E-state index is 12.4. The van der Waals surface area contributed by atoms with Crippen molar-refractivity contribution < 1.29 is 32.6 Å². The lowest BCUT2D eigenvalue weighted by Crippen LogP contribution is -2.33. The number of unbranched alkanes of at least 4 members (excludes halogenated alkanes) is 16. The van der Waals surface area contributed by atoms with Crippen LogP contribution in [0.25, 0.3) is 0 Å². The number of alkyl carbamates (subject to hydrolysis) is 1. The Morgan fingerprint density at radius 3 is 1.85 bits per heavy atom. The van der Waals surface area contributed by atoms with Gasteiger partial charge < -0.3 is 19.8 Å². The number of phosphoric acid groups is 1. The molecule has 10 heteroatoms. The van der Waals surface area contributed by atoms with Crippen LogP contribution in [0.1, 0.15) is 142 Å². The molecule has 9 nitrogen and oxygen atoms in total. The summed E-state index contributed by atoms with van der Waals surface area (Å²) < 4.78 is 30.2. The van der Waals surface area contributed by atoms with E-state index >= 15 is 0 Å². The van der Waals surface area contributed by atoms with Gasteiger partial charge in [0.05, 0.1) is 19.8 Å². The number of aryl methyl sites for hydroxylation is 1. The zero-order valence-corrected chi connectivity index (χ0v) is 30.8. The third-order valence-electron chi connectivity index (χ3n) is 8.38. The number of anilines is 1. The van der Waals surface area contributed by atoms with E-state index < -0.39 is 13.9 Å². The molecule has 1 heterocycles. The number of phosphoric ester groups is 1. The lowest BCUT2D eigenvalue weighted by molar-refractivity contribution is -0.697. The van der Waals surface area contributed by atoms with Crippen molar-refractivity contribution in [3.05, 3.63) is 24.5 Å². The molecule has 46 heavy (non-hydrogen) atoms. The molecule has 0 aliphatic rings. The van der Waals surface area contributed by atoms with Crippen LogP contribution in [0.2, 0.25) is 0 Å². The summed E-state index contributed by atoms with van der Waals surface area (Å²) in [7, 11) is -0.157. The van der Waals surface area contributed by atoms with Gasteiger partial charge in [0, 0.05) is 50.8 Å². The van der Waals surface area contributed by atoms with Crippen molar-refractivity contribution in [1.29, 1.82) is 0 Å². The van der Waals surface area contributed by atoms with Gasteiger partial charge in [0.1, 0.15) is 6.54 Å². The Morgan fingerprint density at radius 1 is 0.783 bits per heavy atom. The highest BCUT2D eigenvalue weighted by molar-refractivity contribution is 7.47. The van der Waals surface area contributed by atoms with Gasteiger partial charge in [0.2, 0.25) is 0 Å². The number of aromatic nitrogens is 1. The van der Waals surface area contributed by atoms with E-state index in [1.54, 1.807) is 0 Å². The smallest absolute Gasteiger partial charge is 0.449 e. The largest absolute Gasteiger partial charge is 0.472 e. The molecule has 0 aliphatic carbocycles. The molecule has 1 aromatic rings. The van der Waals surface area contributed by atoms with Gasteiger partial charge in [0.15, 0.2) is 12.4 Å². The van der Waals surface area contributed by atoms with E-state index in [1.807, 2.05) is 50.4 Å². The zero-order valence-electron chi connectivity index (χ0n) is 29.9. The molecule has 2 atom stereocenters. The molecule has 0 saturated heterocycles. The van der Waals surface area contributed by atoms with Gasteiger partial charge in [-0.05, 0) is 19.3 Å².